The Kier molecular flexibility index (Phi) is 8.40. The fourth-order valence-electron chi connectivity index (χ4n) is 1.52. The molecule has 0 heterocycles. The van der Waals surface area contributed by atoms with Gasteiger partial charge in [-0.15, -0.1) is 0 Å². The first-order valence-corrected chi connectivity index (χ1v) is 8.05. The van der Waals surface area contributed by atoms with Crippen molar-refractivity contribution in [3.63, 3.8) is 0 Å². The lowest BCUT2D eigenvalue weighted by Crippen LogP contribution is -2.35. The van der Waals surface area contributed by atoms with E-state index in [0.29, 0.717) is 6.42 Å². The molecule has 0 amide bonds. The van der Waals surface area contributed by atoms with Crippen molar-refractivity contribution < 1.29 is 32.0 Å². The lowest BCUT2D eigenvalue weighted by molar-refractivity contribution is -0.152. The molecule has 0 fully saturated rings. The van der Waals surface area contributed by atoms with Crippen LogP contribution in [0, 0.1) is 0 Å². The fraction of sp³-hybridized carbons (Fsp3) is 0.833. The van der Waals surface area contributed by atoms with Crippen LogP contribution in [-0.2, 0) is 29.2 Å². The number of esters is 2. The summed E-state index contributed by atoms with van der Waals surface area (Å²) < 4.78 is 40.6. The van der Waals surface area contributed by atoms with Gasteiger partial charge in [0.25, 0.3) is 10.1 Å². The highest BCUT2D eigenvalue weighted by Crippen LogP contribution is 2.11. The minimum atomic E-state index is -4.71. The molecular weight excluding hydrogens is 288 g/mol. The van der Waals surface area contributed by atoms with Gasteiger partial charge < -0.3 is 9.47 Å². The maximum absolute atomic E-state index is 11.6. The first kappa shape index (κ1) is 18.9. The van der Waals surface area contributed by atoms with Crippen LogP contribution in [-0.4, -0.2) is 42.9 Å². The van der Waals surface area contributed by atoms with Crippen LogP contribution in [0.3, 0.4) is 0 Å². The molecule has 0 radical (unpaired) electrons. The predicted octanol–water partition coefficient (Wildman–Crippen LogP) is 1.32. The monoisotopic (exact) mass is 310 g/mol. The van der Waals surface area contributed by atoms with Gasteiger partial charge in [-0.25, -0.2) is 0 Å². The molecule has 0 aromatic carbocycles. The molecule has 0 bridgehead atoms. The van der Waals surface area contributed by atoms with Crippen LogP contribution in [0.25, 0.3) is 0 Å². The standard InChI is InChI=1S/C12H22O7S/c1-4-6-7-9(3)19-11(13)8-10(20(15,16)17)12(14)18-5-2/h9-10H,4-8H2,1-3H3,(H,15,16,17). The first-order valence-electron chi connectivity index (χ1n) is 6.54. The van der Waals surface area contributed by atoms with Crippen molar-refractivity contribution in [2.24, 2.45) is 0 Å². The lowest BCUT2D eigenvalue weighted by atomic mass is 10.2. The Labute approximate surface area is 119 Å². The number of hydrogen-bond acceptors (Lipinski definition) is 6. The minimum Gasteiger partial charge on any atom is -0.465 e. The van der Waals surface area contributed by atoms with Gasteiger partial charge in [0, 0.05) is 0 Å². The summed E-state index contributed by atoms with van der Waals surface area (Å²) in [6.07, 6.45) is 1.34. The molecule has 0 aromatic heterocycles. The van der Waals surface area contributed by atoms with E-state index in [9.17, 15) is 18.0 Å². The van der Waals surface area contributed by atoms with Crippen molar-refractivity contribution in [3.05, 3.63) is 0 Å². The third kappa shape index (κ3) is 7.44. The molecule has 8 heteroatoms. The highest BCUT2D eigenvalue weighted by Gasteiger charge is 2.35. The molecular formula is C12H22O7S. The summed E-state index contributed by atoms with van der Waals surface area (Å²) >= 11 is 0. The molecule has 2 unspecified atom stereocenters. The predicted molar refractivity (Wildman–Crippen MR) is 71.7 cm³/mol. The summed E-state index contributed by atoms with van der Waals surface area (Å²) in [6.45, 7) is 5.11. The highest BCUT2D eigenvalue weighted by atomic mass is 32.2. The van der Waals surface area contributed by atoms with Gasteiger partial charge in [-0.2, -0.15) is 8.42 Å². The van der Waals surface area contributed by atoms with Crippen molar-refractivity contribution in [1.82, 2.24) is 0 Å². The van der Waals surface area contributed by atoms with E-state index in [1.165, 1.54) is 6.92 Å². The average molecular weight is 310 g/mol. The van der Waals surface area contributed by atoms with Crippen LogP contribution < -0.4 is 0 Å². The van der Waals surface area contributed by atoms with Gasteiger partial charge in [0.2, 0.25) is 0 Å². The van der Waals surface area contributed by atoms with E-state index in [2.05, 4.69) is 4.74 Å². The van der Waals surface area contributed by atoms with E-state index >= 15 is 0 Å². The van der Waals surface area contributed by atoms with Crippen LogP contribution in [0.1, 0.15) is 46.5 Å². The van der Waals surface area contributed by atoms with Crippen molar-refractivity contribution in [2.75, 3.05) is 6.61 Å². The first-order chi connectivity index (χ1) is 9.22. The summed E-state index contributed by atoms with van der Waals surface area (Å²) in [6, 6.07) is 0. The van der Waals surface area contributed by atoms with Crippen LogP contribution in [0.5, 0.6) is 0 Å². The summed E-state index contributed by atoms with van der Waals surface area (Å²) in [7, 11) is -4.71. The molecule has 0 aromatic rings. The molecule has 0 aliphatic rings. The van der Waals surface area contributed by atoms with Gasteiger partial charge in [-0.1, -0.05) is 19.8 Å². The second-order valence-corrected chi connectivity index (χ2v) is 6.00. The normalized spacial score (nSPS) is 14.4. The summed E-state index contributed by atoms with van der Waals surface area (Å²) in [5.41, 5.74) is 0. The van der Waals surface area contributed by atoms with Crippen molar-refractivity contribution in [3.8, 4) is 0 Å². The molecule has 0 aliphatic carbocycles. The Morgan fingerprint density at radius 3 is 2.30 bits per heavy atom. The topological polar surface area (TPSA) is 107 Å². The molecule has 0 aliphatic heterocycles. The molecule has 2 atom stereocenters. The van der Waals surface area contributed by atoms with Gasteiger partial charge in [-0.05, 0) is 20.3 Å². The molecule has 1 N–H and O–H groups in total. The minimum absolute atomic E-state index is 0.0488. The van der Waals surface area contributed by atoms with Crippen LogP contribution in [0.15, 0.2) is 0 Å². The van der Waals surface area contributed by atoms with E-state index in [4.69, 9.17) is 9.29 Å². The summed E-state index contributed by atoms with van der Waals surface area (Å²) in [4.78, 5) is 23.0. The zero-order valence-corrected chi connectivity index (χ0v) is 12.8. The van der Waals surface area contributed by atoms with Crippen LogP contribution >= 0.6 is 0 Å². The zero-order valence-electron chi connectivity index (χ0n) is 12.0. The summed E-state index contributed by atoms with van der Waals surface area (Å²) in [5.74, 6) is -2.02. The maximum atomic E-state index is 11.6. The second-order valence-electron chi connectivity index (χ2n) is 4.40. The molecule has 7 nitrogen and oxygen atoms in total. The SMILES string of the molecule is CCCCC(C)OC(=O)CC(C(=O)OCC)S(=O)(=O)O. The van der Waals surface area contributed by atoms with E-state index in [1.807, 2.05) is 6.92 Å². The fourth-order valence-corrected chi connectivity index (χ4v) is 2.18. The Morgan fingerprint density at radius 1 is 1.25 bits per heavy atom. The van der Waals surface area contributed by atoms with Gasteiger partial charge in [0.15, 0.2) is 5.25 Å². The number of hydrogen-bond donors (Lipinski definition) is 1. The van der Waals surface area contributed by atoms with Crippen molar-refractivity contribution in [2.45, 2.75) is 57.8 Å². The molecule has 0 spiro atoms. The van der Waals surface area contributed by atoms with E-state index in [1.54, 1.807) is 6.92 Å². The van der Waals surface area contributed by atoms with Crippen molar-refractivity contribution >= 4 is 22.1 Å². The molecule has 0 saturated heterocycles. The van der Waals surface area contributed by atoms with Crippen molar-refractivity contribution in [1.29, 1.82) is 0 Å². The van der Waals surface area contributed by atoms with Crippen LogP contribution in [0.2, 0.25) is 0 Å². The lowest BCUT2D eigenvalue weighted by Gasteiger charge is -2.15. The molecule has 0 saturated carbocycles. The Morgan fingerprint density at radius 2 is 1.85 bits per heavy atom. The van der Waals surface area contributed by atoms with Gasteiger partial charge in [0.1, 0.15) is 0 Å². The Bertz CT molecular complexity index is 416. The molecule has 0 rings (SSSR count). The second kappa shape index (κ2) is 8.91. The van der Waals surface area contributed by atoms with E-state index in [-0.39, 0.29) is 12.7 Å². The highest BCUT2D eigenvalue weighted by molar-refractivity contribution is 7.87. The number of unbranched alkanes of at least 4 members (excludes halogenated alkanes) is 1. The quantitative estimate of drug-likeness (QED) is 0.505. The average Bonchev–Trinajstić information content (AvgIpc) is 2.32. The Hall–Kier alpha value is -1.15. The molecule has 118 valence electrons. The third-order valence-electron chi connectivity index (χ3n) is 2.56. The van der Waals surface area contributed by atoms with Gasteiger partial charge in [0.05, 0.1) is 19.1 Å². The maximum Gasteiger partial charge on any atom is 0.327 e. The zero-order chi connectivity index (χ0) is 15.8. The number of ether oxygens (including phenoxy) is 2. The largest absolute Gasteiger partial charge is 0.465 e. The Balaban J connectivity index is 4.59. The smallest absolute Gasteiger partial charge is 0.327 e. The number of carbonyl (C=O) groups is 2. The number of carbonyl (C=O) groups excluding carboxylic acids is 2. The molecule has 20 heavy (non-hydrogen) atoms. The van der Waals surface area contributed by atoms with Gasteiger partial charge >= 0.3 is 11.9 Å². The van der Waals surface area contributed by atoms with Crippen LogP contribution in [0.4, 0.5) is 0 Å². The number of rotatable bonds is 9. The van der Waals surface area contributed by atoms with E-state index in [0.717, 1.165) is 12.8 Å². The summed E-state index contributed by atoms with van der Waals surface area (Å²) in [5, 5.41) is -1.94. The van der Waals surface area contributed by atoms with Gasteiger partial charge in [-0.3, -0.25) is 14.1 Å². The third-order valence-corrected chi connectivity index (χ3v) is 3.64. The van der Waals surface area contributed by atoms with E-state index < -0.39 is 33.7 Å².